The molecule has 4 rings (SSSR count). The molecule has 4 aromatic rings. The van der Waals surface area contributed by atoms with E-state index in [4.69, 9.17) is 4.74 Å². The average molecular weight is 509 g/mol. The quantitative estimate of drug-likeness (QED) is 0.156. The number of aryl methyl sites for hydroxylation is 5. The third-order valence-corrected chi connectivity index (χ3v) is 6.14. The number of rotatable bonds is 11. The van der Waals surface area contributed by atoms with E-state index in [0.717, 1.165) is 47.2 Å². The lowest BCUT2D eigenvalue weighted by atomic mass is 9.98. The van der Waals surface area contributed by atoms with E-state index in [2.05, 4.69) is 16.5 Å². The monoisotopic (exact) mass is 508 g/mol. The summed E-state index contributed by atoms with van der Waals surface area (Å²) in [6, 6.07) is 15.9. The fraction of sp³-hybridized carbons (Fsp3) is 0.267. The van der Waals surface area contributed by atoms with Gasteiger partial charge in [-0.15, -0.1) is 6.58 Å². The summed E-state index contributed by atoms with van der Waals surface area (Å²) < 4.78 is 56.8. The zero-order valence-corrected chi connectivity index (χ0v) is 20.4. The first-order valence-electron chi connectivity index (χ1n) is 12.2. The van der Waals surface area contributed by atoms with Gasteiger partial charge in [0.05, 0.1) is 0 Å². The van der Waals surface area contributed by atoms with Gasteiger partial charge >= 0.3 is 6.18 Å². The van der Waals surface area contributed by atoms with Gasteiger partial charge in [0.25, 0.3) is 0 Å². The normalized spacial score (nSPS) is 11.6. The number of benzene rings is 3. The first-order valence-corrected chi connectivity index (χ1v) is 12.2. The summed E-state index contributed by atoms with van der Waals surface area (Å²) in [7, 11) is 0. The number of hydrogen-bond acceptors (Lipinski definition) is 3. The lowest BCUT2D eigenvalue weighted by molar-refractivity contribution is -0.153. The number of aromatic nitrogens is 2. The first-order chi connectivity index (χ1) is 17.8. The summed E-state index contributed by atoms with van der Waals surface area (Å²) in [6.45, 7) is 2.40. The molecule has 37 heavy (non-hydrogen) atoms. The van der Waals surface area contributed by atoms with E-state index in [9.17, 15) is 13.2 Å². The van der Waals surface area contributed by atoms with Crippen molar-refractivity contribution in [3.8, 4) is 5.75 Å². The lowest BCUT2D eigenvalue weighted by Crippen LogP contribution is -2.19. The molecule has 0 fully saturated rings. The van der Waals surface area contributed by atoms with Crippen LogP contribution >= 0.6 is 0 Å². The molecule has 1 aromatic heterocycles. The summed E-state index contributed by atoms with van der Waals surface area (Å²) in [6.07, 6.45) is 5.50. The fourth-order valence-corrected chi connectivity index (χ4v) is 4.10. The van der Waals surface area contributed by atoms with Gasteiger partial charge in [-0.1, -0.05) is 48.5 Å². The predicted molar refractivity (Wildman–Crippen MR) is 137 cm³/mol. The van der Waals surface area contributed by atoms with Crippen LogP contribution in [0.15, 0.2) is 79.6 Å². The van der Waals surface area contributed by atoms with Gasteiger partial charge in [0.2, 0.25) is 0 Å². The van der Waals surface area contributed by atoms with E-state index in [0.29, 0.717) is 30.2 Å². The molecule has 0 bridgehead atoms. The van der Waals surface area contributed by atoms with E-state index >= 15 is 4.39 Å². The van der Waals surface area contributed by atoms with Crippen molar-refractivity contribution < 1.29 is 22.3 Å². The molecule has 192 valence electrons. The molecule has 0 amide bonds. The molecule has 3 nitrogen and oxygen atoms in total. The molecule has 0 aliphatic carbocycles. The topological polar surface area (TPSA) is 35.0 Å². The molecular weight excluding hydrogens is 480 g/mol. The predicted octanol–water partition coefficient (Wildman–Crippen LogP) is 7.40. The van der Waals surface area contributed by atoms with E-state index < -0.39 is 12.8 Å². The van der Waals surface area contributed by atoms with Gasteiger partial charge in [-0.3, -0.25) is 0 Å². The Kier molecular flexibility index (Phi) is 8.54. The molecule has 1 heterocycles. The van der Waals surface area contributed by atoms with Gasteiger partial charge in [-0.25, -0.2) is 14.4 Å². The van der Waals surface area contributed by atoms with Gasteiger partial charge in [0.15, 0.2) is 6.61 Å². The van der Waals surface area contributed by atoms with Gasteiger partial charge in [-0.05, 0) is 71.9 Å². The number of hydrogen-bond donors (Lipinski definition) is 0. The second-order valence-electron chi connectivity index (χ2n) is 8.98. The van der Waals surface area contributed by atoms with Crippen LogP contribution in [-0.2, 0) is 32.1 Å². The highest BCUT2D eigenvalue weighted by Crippen LogP contribution is 2.25. The zero-order chi connectivity index (χ0) is 26.3. The molecule has 0 spiro atoms. The number of nitrogens with zero attached hydrogens (tertiary/aromatic N) is 2. The van der Waals surface area contributed by atoms with Crippen molar-refractivity contribution in [1.29, 1.82) is 0 Å². The van der Waals surface area contributed by atoms with E-state index in [1.54, 1.807) is 18.2 Å². The van der Waals surface area contributed by atoms with Crippen LogP contribution in [0, 0.1) is 5.82 Å². The maximum Gasteiger partial charge on any atom is 0.422 e. The Morgan fingerprint density at radius 1 is 0.784 bits per heavy atom. The minimum atomic E-state index is -4.38. The van der Waals surface area contributed by atoms with E-state index in [1.807, 2.05) is 42.7 Å². The van der Waals surface area contributed by atoms with Crippen molar-refractivity contribution in [3.05, 3.63) is 114 Å². The number of halogens is 4. The molecule has 0 saturated carbocycles. The highest BCUT2D eigenvalue weighted by molar-refractivity contribution is 5.84. The second-order valence-corrected chi connectivity index (χ2v) is 8.98. The van der Waals surface area contributed by atoms with Crippen LogP contribution in [-0.4, -0.2) is 22.8 Å². The Bertz CT molecular complexity index is 1330. The van der Waals surface area contributed by atoms with Crippen LogP contribution in [0.1, 0.15) is 34.5 Å². The van der Waals surface area contributed by atoms with Crippen LogP contribution < -0.4 is 4.74 Å². The van der Waals surface area contributed by atoms with Crippen LogP contribution in [0.25, 0.3) is 10.8 Å². The van der Waals surface area contributed by atoms with Gasteiger partial charge in [-0.2, -0.15) is 13.2 Å². The Labute approximate surface area is 213 Å². The molecule has 0 radical (unpaired) electrons. The standard InChI is InChI=1S/C30H28F4N2O/c1-2-3-4-23-18-35-28(36-19-23)16-9-22-8-15-27-25(17-22)12-11-24(29(27)31)10-5-21-6-13-26(14-7-21)37-20-30(32,33)34/h2,6-8,11-15,17-19H,1,3-5,9-10,16,20H2. The number of allylic oxidation sites excluding steroid dienone is 1. The van der Waals surface area contributed by atoms with E-state index in [-0.39, 0.29) is 11.6 Å². The minimum Gasteiger partial charge on any atom is -0.484 e. The Hall–Kier alpha value is -3.74. The van der Waals surface area contributed by atoms with Crippen molar-refractivity contribution in [2.45, 2.75) is 44.7 Å². The molecule has 0 atom stereocenters. The van der Waals surface area contributed by atoms with Crippen molar-refractivity contribution in [2.24, 2.45) is 0 Å². The Balaban J connectivity index is 1.35. The molecule has 0 saturated heterocycles. The van der Waals surface area contributed by atoms with Crippen LogP contribution in [0.4, 0.5) is 17.6 Å². The summed E-state index contributed by atoms with van der Waals surface area (Å²) in [4.78, 5) is 8.89. The van der Waals surface area contributed by atoms with Crippen molar-refractivity contribution >= 4 is 10.8 Å². The molecule has 7 heteroatoms. The first kappa shape index (κ1) is 26.3. The summed E-state index contributed by atoms with van der Waals surface area (Å²) in [5.74, 6) is 0.692. The molecule has 0 unspecified atom stereocenters. The molecular formula is C30H28F4N2O. The SMILES string of the molecule is C=CCCc1cnc(CCc2ccc3c(F)c(CCc4ccc(OCC(F)(F)F)cc4)ccc3c2)nc1. The second kappa shape index (κ2) is 12.0. The van der Waals surface area contributed by atoms with Gasteiger partial charge in [0, 0.05) is 24.2 Å². The number of ether oxygens (including phenoxy) is 1. The van der Waals surface area contributed by atoms with Crippen LogP contribution in [0.3, 0.4) is 0 Å². The number of fused-ring (bicyclic) bond motifs is 1. The average Bonchev–Trinajstić information content (AvgIpc) is 2.90. The molecule has 0 N–H and O–H groups in total. The largest absolute Gasteiger partial charge is 0.484 e. The number of alkyl halides is 3. The van der Waals surface area contributed by atoms with Gasteiger partial charge < -0.3 is 4.74 Å². The van der Waals surface area contributed by atoms with Crippen molar-refractivity contribution in [1.82, 2.24) is 9.97 Å². The van der Waals surface area contributed by atoms with Crippen LogP contribution in [0.5, 0.6) is 5.75 Å². The third kappa shape index (κ3) is 7.62. The van der Waals surface area contributed by atoms with Crippen molar-refractivity contribution in [2.75, 3.05) is 6.61 Å². The minimum absolute atomic E-state index is 0.154. The molecule has 0 aliphatic rings. The smallest absolute Gasteiger partial charge is 0.422 e. The summed E-state index contributed by atoms with van der Waals surface area (Å²) in [5.41, 5.74) is 3.67. The third-order valence-electron chi connectivity index (χ3n) is 6.14. The Morgan fingerprint density at radius 2 is 1.49 bits per heavy atom. The highest BCUT2D eigenvalue weighted by atomic mass is 19.4. The van der Waals surface area contributed by atoms with E-state index in [1.165, 1.54) is 12.1 Å². The molecule has 3 aromatic carbocycles. The highest BCUT2D eigenvalue weighted by Gasteiger charge is 2.28. The summed E-state index contributed by atoms with van der Waals surface area (Å²) in [5, 5.41) is 1.41. The van der Waals surface area contributed by atoms with Crippen LogP contribution in [0.2, 0.25) is 0 Å². The molecule has 0 aliphatic heterocycles. The Morgan fingerprint density at radius 3 is 2.19 bits per heavy atom. The maximum atomic E-state index is 15.2. The fourth-order valence-electron chi connectivity index (χ4n) is 4.10. The lowest BCUT2D eigenvalue weighted by Gasteiger charge is -2.10. The van der Waals surface area contributed by atoms with Gasteiger partial charge in [0.1, 0.15) is 17.4 Å². The summed E-state index contributed by atoms with van der Waals surface area (Å²) >= 11 is 0. The maximum absolute atomic E-state index is 15.2. The van der Waals surface area contributed by atoms with Crippen molar-refractivity contribution in [3.63, 3.8) is 0 Å². The zero-order valence-electron chi connectivity index (χ0n) is 20.4.